The van der Waals surface area contributed by atoms with Crippen molar-refractivity contribution in [2.75, 3.05) is 7.11 Å². The SMILES string of the molecule is CO/N=C(\C)C(C)C.[I][V][I]. The molecule has 0 bridgehead atoms. The maximum atomic E-state index is 4.55. The van der Waals surface area contributed by atoms with E-state index in [1.807, 2.05) is 6.92 Å². The van der Waals surface area contributed by atoms with Gasteiger partial charge in [0, 0.05) is 0 Å². The molecule has 0 rings (SSSR count). The summed E-state index contributed by atoms with van der Waals surface area (Å²) in [5, 5.41) is 3.74. The summed E-state index contributed by atoms with van der Waals surface area (Å²) in [7, 11) is 2.19. The van der Waals surface area contributed by atoms with Crippen LogP contribution in [-0.4, -0.2) is 12.8 Å². The number of hydrogen-bond acceptors (Lipinski definition) is 2. The zero-order valence-electron chi connectivity index (χ0n) is 7.14. The number of hydrogen-bond donors (Lipinski definition) is 0. The molecule has 0 saturated carbocycles. The number of halogens is 2. The molecule has 0 N–H and O–H groups in total. The van der Waals surface area contributed by atoms with E-state index in [0.717, 1.165) is 5.71 Å². The summed E-state index contributed by atoms with van der Waals surface area (Å²) in [6, 6.07) is 0. The van der Waals surface area contributed by atoms with Gasteiger partial charge in [0.2, 0.25) is 0 Å². The molecule has 2 nitrogen and oxygen atoms in total. The Morgan fingerprint density at radius 1 is 1.45 bits per heavy atom. The van der Waals surface area contributed by atoms with E-state index in [0.29, 0.717) is 15.4 Å². The quantitative estimate of drug-likeness (QED) is 0.382. The average molecular weight is 420 g/mol. The van der Waals surface area contributed by atoms with Gasteiger partial charge in [-0.2, -0.15) is 0 Å². The third kappa shape index (κ3) is 14.4. The molecule has 0 aromatic rings. The molecule has 0 saturated heterocycles. The Labute approximate surface area is 97.7 Å². The summed E-state index contributed by atoms with van der Waals surface area (Å²) >= 11 is 4.74. The molecule has 0 amide bonds. The van der Waals surface area contributed by atoms with E-state index in [9.17, 15) is 0 Å². The zero-order chi connectivity index (χ0) is 9.28. The van der Waals surface area contributed by atoms with Gasteiger partial charge < -0.3 is 4.84 Å². The fraction of sp³-hybridized carbons (Fsp3) is 0.833. The monoisotopic (exact) mass is 420 g/mol. The van der Waals surface area contributed by atoms with Crippen LogP contribution in [0.4, 0.5) is 0 Å². The minimum absolute atomic E-state index is 0.495. The normalized spacial score (nSPS) is 10.3. The first-order valence-corrected chi connectivity index (χ1v) is 12.1. The second-order valence-electron chi connectivity index (χ2n) is 2.13. The maximum absolute atomic E-state index is 4.55. The van der Waals surface area contributed by atoms with Crippen molar-refractivity contribution in [1.82, 2.24) is 0 Å². The first-order chi connectivity index (χ1) is 5.09. The number of rotatable bonds is 2. The second-order valence-corrected chi connectivity index (χ2v) is 13.9. The van der Waals surface area contributed by atoms with E-state index in [-0.39, 0.29) is 0 Å². The molecular weight excluding hydrogens is 407 g/mol. The molecule has 0 unspecified atom stereocenters. The van der Waals surface area contributed by atoms with E-state index < -0.39 is 0 Å². The van der Waals surface area contributed by atoms with Gasteiger partial charge in [0.1, 0.15) is 7.11 Å². The molecule has 0 aromatic heterocycles. The van der Waals surface area contributed by atoms with Crippen LogP contribution in [0.15, 0.2) is 5.16 Å². The van der Waals surface area contributed by atoms with Crippen LogP contribution < -0.4 is 0 Å². The van der Waals surface area contributed by atoms with E-state index in [4.69, 9.17) is 0 Å². The summed E-state index contributed by atoms with van der Waals surface area (Å²) < 4.78 is 0. The fourth-order valence-electron chi connectivity index (χ4n) is 0.249. The summed E-state index contributed by atoms with van der Waals surface area (Å²) in [5.41, 5.74) is 1.03. The van der Waals surface area contributed by atoms with Crippen molar-refractivity contribution in [1.29, 1.82) is 0 Å². The van der Waals surface area contributed by atoms with Gasteiger partial charge in [-0.1, -0.05) is 19.0 Å². The third-order valence-electron chi connectivity index (χ3n) is 1.07. The van der Waals surface area contributed by atoms with Gasteiger partial charge in [-0.3, -0.25) is 0 Å². The molecule has 0 fully saturated rings. The molecule has 11 heavy (non-hydrogen) atoms. The summed E-state index contributed by atoms with van der Waals surface area (Å²) in [4.78, 5) is 4.55. The van der Waals surface area contributed by atoms with Crippen LogP contribution in [-0.2, 0) is 14.3 Å². The van der Waals surface area contributed by atoms with Gasteiger partial charge in [-0.15, -0.1) is 0 Å². The van der Waals surface area contributed by atoms with Crippen molar-refractivity contribution in [3.05, 3.63) is 0 Å². The molecule has 0 aliphatic heterocycles. The third-order valence-corrected chi connectivity index (χ3v) is 1.07. The average Bonchev–Trinajstić information content (AvgIpc) is 1.90. The predicted octanol–water partition coefficient (Wildman–Crippen LogP) is 3.43. The van der Waals surface area contributed by atoms with Crippen LogP contribution >= 0.6 is 40.0 Å². The van der Waals surface area contributed by atoms with E-state index >= 15 is 0 Å². The van der Waals surface area contributed by atoms with Crippen LogP contribution in [0.3, 0.4) is 0 Å². The van der Waals surface area contributed by atoms with Crippen molar-refractivity contribution in [3.63, 3.8) is 0 Å². The molecule has 67 valence electrons. The van der Waals surface area contributed by atoms with Gasteiger partial charge in [0.15, 0.2) is 0 Å². The van der Waals surface area contributed by atoms with Crippen molar-refractivity contribution >= 4 is 45.7 Å². The summed E-state index contributed by atoms with van der Waals surface area (Å²) in [6.07, 6.45) is 0. The van der Waals surface area contributed by atoms with E-state index in [1.54, 1.807) is 7.11 Å². The van der Waals surface area contributed by atoms with Gasteiger partial charge >= 0.3 is 49.4 Å². The Bertz CT molecular complexity index is 109. The number of oxime groups is 1. The standard InChI is InChI=1S/C6H13NO.2HI.V/c1-5(2)6(3)7-8-4;;;/h5H,1-4H3;2*1H;/q;;;+2/p-2/b7-6+;;;. The Morgan fingerprint density at radius 2 is 1.82 bits per heavy atom. The summed E-state index contributed by atoms with van der Waals surface area (Å²) in [5.74, 6) is 0.495. The van der Waals surface area contributed by atoms with Gasteiger partial charge in [0.25, 0.3) is 0 Å². The second kappa shape index (κ2) is 11.5. The first-order valence-electron chi connectivity index (χ1n) is 3.10. The fourth-order valence-corrected chi connectivity index (χ4v) is 0.249. The summed E-state index contributed by atoms with van der Waals surface area (Å²) in [6.45, 7) is 6.11. The van der Waals surface area contributed by atoms with Crippen molar-refractivity contribution < 1.29 is 14.3 Å². The minimum atomic E-state index is 0.495. The Kier molecular flexibility index (Phi) is 15.7. The molecule has 0 heterocycles. The zero-order valence-corrected chi connectivity index (χ0v) is 12.8. The Morgan fingerprint density at radius 3 is 1.91 bits per heavy atom. The Hall–Kier alpha value is 1.51. The van der Waals surface area contributed by atoms with Crippen LogP contribution in [0.1, 0.15) is 20.8 Å². The van der Waals surface area contributed by atoms with E-state index in [2.05, 4.69) is 63.8 Å². The van der Waals surface area contributed by atoms with E-state index in [1.165, 1.54) is 0 Å². The topological polar surface area (TPSA) is 21.6 Å². The molecule has 0 aromatic carbocycles. The number of nitrogens with zero attached hydrogens (tertiary/aromatic N) is 1. The van der Waals surface area contributed by atoms with Gasteiger partial charge in [0.05, 0.1) is 5.71 Å². The van der Waals surface area contributed by atoms with Crippen LogP contribution in [0.2, 0.25) is 0 Å². The Balaban J connectivity index is 0. The van der Waals surface area contributed by atoms with Crippen molar-refractivity contribution in [2.45, 2.75) is 20.8 Å². The molecule has 0 aliphatic rings. The van der Waals surface area contributed by atoms with Crippen molar-refractivity contribution in [3.8, 4) is 0 Å². The molecule has 0 atom stereocenters. The molecule has 0 aliphatic carbocycles. The molecule has 5 heteroatoms. The van der Waals surface area contributed by atoms with Crippen LogP contribution in [0, 0.1) is 5.92 Å². The molecule has 0 radical (unpaired) electrons. The first kappa shape index (κ1) is 15.0. The predicted molar refractivity (Wildman–Crippen MR) is 63.0 cm³/mol. The van der Waals surface area contributed by atoms with Crippen molar-refractivity contribution in [2.24, 2.45) is 11.1 Å². The van der Waals surface area contributed by atoms with Gasteiger partial charge in [-0.25, -0.2) is 0 Å². The molecule has 0 spiro atoms. The van der Waals surface area contributed by atoms with Gasteiger partial charge in [-0.05, 0) is 12.8 Å². The van der Waals surface area contributed by atoms with Crippen LogP contribution in [0.25, 0.3) is 0 Å². The van der Waals surface area contributed by atoms with Crippen LogP contribution in [0.5, 0.6) is 0 Å². The molecular formula is C6H13I2NOV.